The summed E-state index contributed by atoms with van der Waals surface area (Å²) in [6, 6.07) is -0.0132. The normalized spacial score (nSPS) is 14.6. The van der Waals surface area contributed by atoms with Crippen LogP contribution < -0.4 is 11.5 Å². The van der Waals surface area contributed by atoms with E-state index in [1.165, 1.54) is 0 Å². The molecule has 0 heterocycles. The quantitative estimate of drug-likeness (QED) is 0.297. The number of rotatable bonds is 10. The lowest BCUT2D eigenvalue weighted by molar-refractivity contribution is 0.145. The Hall–Kier alpha value is 0.154. The summed E-state index contributed by atoms with van der Waals surface area (Å²) in [5.74, 6) is 0. The van der Waals surface area contributed by atoms with E-state index in [0.29, 0.717) is 25.9 Å². The predicted octanol–water partition coefficient (Wildman–Crippen LogP) is -0.400. The van der Waals surface area contributed by atoms with Crippen LogP contribution in [0, 0.1) is 10.8 Å². The maximum absolute atomic E-state index is 9.92. The minimum Gasteiger partial charge on any atom is -0.390 e. The molecule has 0 atom stereocenters. The molecule has 0 fully saturated rings. The summed E-state index contributed by atoms with van der Waals surface area (Å²) in [4.78, 5) is 39.7. The largest absolute Gasteiger partial charge is 0.488 e. The smallest absolute Gasteiger partial charge is 0.390 e. The Morgan fingerprint density at radius 2 is 1.05 bits per heavy atom. The highest BCUT2D eigenvalue weighted by Crippen LogP contribution is 2.28. The van der Waals surface area contributed by atoms with Crippen LogP contribution in [0.1, 0.15) is 40.5 Å². The zero-order chi connectivity index (χ0) is 16.9. The Labute approximate surface area is 129 Å². The van der Waals surface area contributed by atoms with E-state index in [2.05, 4.69) is 0 Å². The van der Waals surface area contributed by atoms with Crippen LogP contribution >= 0.6 is 0 Å². The summed E-state index contributed by atoms with van der Waals surface area (Å²) in [5.41, 5.74) is 10.7. The van der Waals surface area contributed by atoms with Gasteiger partial charge in [-0.2, -0.15) is 0 Å². The van der Waals surface area contributed by atoms with E-state index in [-0.39, 0.29) is 22.9 Å². The van der Waals surface area contributed by atoms with Crippen molar-refractivity contribution in [2.45, 2.75) is 52.6 Å². The molecule has 0 bridgehead atoms. The molecule has 128 valence electrons. The van der Waals surface area contributed by atoms with E-state index < -0.39 is 17.6 Å². The van der Waals surface area contributed by atoms with Gasteiger partial charge in [-0.25, -0.2) is 0 Å². The SMILES string of the molecule is CC(C)(CN)CC[Si](O)(O)O[Si](O)(O)CCC(C)(C)CN. The van der Waals surface area contributed by atoms with Crippen LogP contribution in [0.25, 0.3) is 0 Å². The van der Waals surface area contributed by atoms with Gasteiger partial charge in [0.05, 0.1) is 0 Å². The van der Waals surface area contributed by atoms with Crippen molar-refractivity contribution in [1.29, 1.82) is 0 Å². The molecule has 0 radical (unpaired) electrons. The molecule has 0 spiro atoms. The van der Waals surface area contributed by atoms with Crippen molar-refractivity contribution in [3.8, 4) is 0 Å². The zero-order valence-electron chi connectivity index (χ0n) is 13.6. The van der Waals surface area contributed by atoms with Gasteiger partial charge < -0.3 is 34.8 Å². The van der Waals surface area contributed by atoms with Gasteiger partial charge in [-0.15, -0.1) is 0 Å². The Bertz CT molecular complexity index is 295. The van der Waals surface area contributed by atoms with Crippen LogP contribution in [0.15, 0.2) is 0 Å². The topological polar surface area (TPSA) is 142 Å². The second-order valence-electron chi connectivity index (χ2n) is 7.33. The van der Waals surface area contributed by atoms with Crippen molar-refractivity contribution in [2.24, 2.45) is 22.3 Å². The zero-order valence-corrected chi connectivity index (χ0v) is 15.6. The Kier molecular flexibility index (Phi) is 7.67. The molecule has 0 saturated heterocycles. The third kappa shape index (κ3) is 9.71. The molecule has 8 N–H and O–H groups in total. The third-order valence-electron chi connectivity index (χ3n) is 3.69. The molecular formula is C12H32N2O5Si2. The molecule has 0 aliphatic rings. The van der Waals surface area contributed by atoms with Crippen molar-refractivity contribution < 1.29 is 23.3 Å². The summed E-state index contributed by atoms with van der Waals surface area (Å²) < 4.78 is 4.92. The van der Waals surface area contributed by atoms with E-state index in [1.54, 1.807) is 0 Å². The van der Waals surface area contributed by atoms with Crippen molar-refractivity contribution in [3.05, 3.63) is 0 Å². The summed E-state index contributed by atoms with van der Waals surface area (Å²) in [6.45, 7) is 8.44. The Balaban J connectivity index is 4.47. The fourth-order valence-electron chi connectivity index (χ4n) is 1.57. The molecule has 9 heteroatoms. The van der Waals surface area contributed by atoms with E-state index >= 15 is 0 Å². The summed E-state index contributed by atoms with van der Waals surface area (Å²) in [6.07, 6.45) is 0.892. The fourth-order valence-corrected chi connectivity index (χ4v) is 6.49. The second kappa shape index (κ2) is 7.62. The first-order valence-electron chi connectivity index (χ1n) is 7.24. The summed E-state index contributed by atoms with van der Waals surface area (Å²) >= 11 is 0. The Morgan fingerprint density at radius 1 is 0.762 bits per heavy atom. The van der Waals surface area contributed by atoms with Gasteiger partial charge in [0, 0.05) is 12.1 Å². The van der Waals surface area contributed by atoms with Gasteiger partial charge in [0.25, 0.3) is 0 Å². The molecule has 0 aliphatic heterocycles. The molecule has 21 heavy (non-hydrogen) atoms. The van der Waals surface area contributed by atoms with Crippen molar-refractivity contribution in [1.82, 2.24) is 0 Å². The third-order valence-corrected chi connectivity index (χ3v) is 8.10. The lowest BCUT2D eigenvalue weighted by Crippen LogP contribution is -2.53. The molecule has 0 aromatic heterocycles. The number of hydrogen-bond donors (Lipinski definition) is 6. The fraction of sp³-hybridized carbons (Fsp3) is 1.00. The summed E-state index contributed by atoms with van der Waals surface area (Å²) in [7, 11) is -8.19. The van der Waals surface area contributed by atoms with Gasteiger partial charge in [-0.05, 0) is 36.8 Å². The van der Waals surface area contributed by atoms with Crippen LogP contribution in [-0.2, 0) is 4.12 Å². The monoisotopic (exact) mass is 340 g/mol. The second-order valence-corrected chi connectivity index (χ2v) is 12.1. The summed E-state index contributed by atoms with van der Waals surface area (Å²) in [5, 5.41) is 0. The lowest BCUT2D eigenvalue weighted by atomic mass is 9.91. The lowest BCUT2D eigenvalue weighted by Gasteiger charge is -2.31. The van der Waals surface area contributed by atoms with E-state index in [1.807, 2.05) is 27.7 Å². The minimum absolute atomic E-state index is 0.00660. The van der Waals surface area contributed by atoms with E-state index in [9.17, 15) is 19.2 Å². The van der Waals surface area contributed by atoms with Gasteiger partial charge >= 0.3 is 17.6 Å². The van der Waals surface area contributed by atoms with Crippen LogP contribution in [0.2, 0.25) is 12.1 Å². The average Bonchev–Trinajstić information content (AvgIpc) is 2.34. The molecule has 0 aromatic carbocycles. The van der Waals surface area contributed by atoms with Crippen LogP contribution in [-0.4, -0.2) is 49.9 Å². The molecular weight excluding hydrogens is 308 g/mol. The van der Waals surface area contributed by atoms with Crippen molar-refractivity contribution in [2.75, 3.05) is 13.1 Å². The highest BCUT2D eigenvalue weighted by atomic mass is 28.5. The first kappa shape index (κ1) is 21.2. The van der Waals surface area contributed by atoms with Gasteiger partial charge in [-0.1, -0.05) is 27.7 Å². The maximum atomic E-state index is 9.92. The highest BCUT2D eigenvalue weighted by molar-refractivity contribution is 6.72. The molecule has 0 unspecified atom stereocenters. The first-order chi connectivity index (χ1) is 9.24. The minimum atomic E-state index is -4.10. The van der Waals surface area contributed by atoms with Gasteiger partial charge in [0.15, 0.2) is 0 Å². The van der Waals surface area contributed by atoms with Gasteiger partial charge in [0.1, 0.15) is 0 Å². The van der Waals surface area contributed by atoms with E-state index in [0.717, 1.165) is 0 Å². The Morgan fingerprint density at radius 3 is 1.29 bits per heavy atom. The van der Waals surface area contributed by atoms with Gasteiger partial charge in [0.2, 0.25) is 0 Å². The van der Waals surface area contributed by atoms with Crippen LogP contribution in [0.5, 0.6) is 0 Å². The number of hydrogen-bond acceptors (Lipinski definition) is 7. The van der Waals surface area contributed by atoms with Gasteiger partial charge in [-0.3, -0.25) is 0 Å². The standard InChI is InChI=1S/C12H32N2O5Si2/c1-11(2,9-13)5-7-20(15,16)19-21(17,18)8-6-12(3,4)10-14/h15-18H,5-10,13-14H2,1-4H3. The van der Waals surface area contributed by atoms with Crippen LogP contribution in [0.3, 0.4) is 0 Å². The molecule has 0 saturated carbocycles. The highest BCUT2D eigenvalue weighted by Gasteiger charge is 2.46. The predicted molar refractivity (Wildman–Crippen MR) is 86.0 cm³/mol. The van der Waals surface area contributed by atoms with E-state index in [4.69, 9.17) is 15.6 Å². The first-order valence-corrected chi connectivity index (χ1v) is 11.3. The molecule has 0 amide bonds. The average molecular weight is 341 g/mol. The maximum Gasteiger partial charge on any atom is 0.488 e. The molecule has 0 rings (SSSR count). The van der Waals surface area contributed by atoms with Crippen molar-refractivity contribution in [3.63, 3.8) is 0 Å². The molecule has 0 aliphatic carbocycles. The number of nitrogens with two attached hydrogens (primary N) is 2. The van der Waals surface area contributed by atoms with Crippen LogP contribution in [0.4, 0.5) is 0 Å². The molecule has 0 aromatic rings. The van der Waals surface area contributed by atoms with Crippen molar-refractivity contribution >= 4 is 17.6 Å². The molecule has 7 nitrogen and oxygen atoms in total.